The highest BCUT2D eigenvalue weighted by Gasteiger charge is 2.40. The van der Waals surface area contributed by atoms with Gasteiger partial charge in [0.05, 0.1) is 6.04 Å². The zero-order valence-corrected chi connectivity index (χ0v) is 26.8. The minimum atomic E-state index is -0.100. The Kier molecular flexibility index (Phi) is 7.86. The molecule has 0 amide bonds. The first kappa shape index (κ1) is 29.3. The molecule has 2 aromatic carbocycles. The smallest absolute Gasteiger partial charge is 0.159 e. The van der Waals surface area contributed by atoms with Crippen molar-refractivity contribution in [1.82, 2.24) is 10.6 Å². The van der Waals surface area contributed by atoms with Crippen LogP contribution in [-0.4, -0.2) is 42.3 Å². The third-order valence-corrected chi connectivity index (χ3v) is 10.1. The maximum Gasteiger partial charge on any atom is 0.159 e. The molecule has 0 fully saturated rings. The zero-order chi connectivity index (χ0) is 31.6. The van der Waals surface area contributed by atoms with Crippen LogP contribution in [0.15, 0.2) is 147 Å². The molecule has 4 heterocycles. The summed E-state index contributed by atoms with van der Waals surface area (Å²) in [6, 6.07) is 17.5. The lowest BCUT2D eigenvalue weighted by atomic mass is 9.66. The fourth-order valence-corrected chi connectivity index (χ4v) is 7.36. The highest BCUT2D eigenvalue weighted by atomic mass is 15.2. The number of nitrogens with zero attached hydrogens (tertiary/aromatic N) is 4. The average Bonchev–Trinajstić information content (AvgIpc) is 3.15. The van der Waals surface area contributed by atoms with Gasteiger partial charge in [0.2, 0.25) is 0 Å². The summed E-state index contributed by atoms with van der Waals surface area (Å²) in [6.45, 7) is 3.18. The van der Waals surface area contributed by atoms with Gasteiger partial charge in [-0.15, -0.1) is 0 Å². The van der Waals surface area contributed by atoms with Crippen LogP contribution in [0.3, 0.4) is 0 Å². The molecule has 4 unspecified atom stereocenters. The Labute approximate surface area is 277 Å². The van der Waals surface area contributed by atoms with Crippen molar-refractivity contribution in [2.24, 2.45) is 37.2 Å². The minimum absolute atomic E-state index is 0.0863. The molecule has 47 heavy (non-hydrogen) atoms. The molecule has 2 N–H and O–H groups in total. The molecule has 8 rings (SSSR count). The van der Waals surface area contributed by atoms with E-state index in [1.165, 1.54) is 5.57 Å². The van der Waals surface area contributed by atoms with Gasteiger partial charge in [-0.25, -0.2) is 9.98 Å². The fraction of sp³-hybridized carbons (Fsp3) is 0.268. The van der Waals surface area contributed by atoms with Crippen molar-refractivity contribution in [3.05, 3.63) is 149 Å². The molecule has 0 spiro atoms. The molecular weight excluding hydrogens is 576 g/mol. The number of allylic oxidation sites excluding steroid dienone is 7. The van der Waals surface area contributed by atoms with Crippen LogP contribution in [-0.2, 0) is 0 Å². The number of aliphatic imine (C=N–C) groups is 4. The Bertz CT molecular complexity index is 1880. The molecule has 234 valence electrons. The Hall–Kier alpha value is -5.10. The van der Waals surface area contributed by atoms with Crippen molar-refractivity contribution in [1.29, 1.82) is 0 Å². The Balaban J connectivity index is 1.04. The van der Waals surface area contributed by atoms with Gasteiger partial charge in [-0.2, -0.15) is 0 Å². The monoisotopic (exact) mass is 616 g/mol. The summed E-state index contributed by atoms with van der Waals surface area (Å²) in [5.41, 5.74) is 8.10. The van der Waals surface area contributed by atoms with E-state index in [-0.39, 0.29) is 23.5 Å². The first-order chi connectivity index (χ1) is 23.1. The standard InChI is InChI=1S/C41H40N6/c1-41-23-7-11-34(37(41)43-26-8-24-41)33-21-22-36(44-27-33)29-15-19-32(20-16-29)40-46-38(30-9-3-2-4-10-30)45-39(47-40)31-17-13-28(14-18-31)35-12-5-6-25-42-35/h2-9,11-20,24,26-27,30,34,37-38,42H,10,21-23,25H2,1H3,(H,45,46,47)/t30?,34?,37-,38?,41?/m0/s1. The molecule has 0 saturated heterocycles. The van der Waals surface area contributed by atoms with E-state index in [9.17, 15) is 0 Å². The van der Waals surface area contributed by atoms with Gasteiger partial charge in [0.25, 0.3) is 0 Å². The number of dihydropyridines is 2. The lowest BCUT2D eigenvalue weighted by Crippen LogP contribution is -2.43. The third kappa shape index (κ3) is 5.96. The van der Waals surface area contributed by atoms with Crippen LogP contribution in [0.25, 0.3) is 5.70 Å². The maximum absolute atomic E-state index is 5.13. The van der Waals surface area contributed by atoms with E-state index in [4.69, 9.17) is 20.0 Å². The summed E-state index contributed by atoms with van der Waals surface area (Å²) < 4.78 is 0. The highest BCUT2D eigenvalue weighted by Crippen LogP contribution is 2.44. The van der Waals surface area contributed by atoms with Crippen LogP contribution < -0.4 is 10.6 Å². The molecule has 5 atom stereocenters. The van der Waals surface area contributed by atoms with Crippen molar-refractivity contribution in [3.63, 3.8) is 0 Å². The first-order valence-electron chi connectivity index (χ1n) is 16.8. The van der Waals surface area contributed by atoms with Crippen LogP contribution in [0.2, 0.25) is 0 Å². The van der Waals surface area contributed by atoms with E-state index >= 15 is 0 Å². The SMILES string of the molecule is CC12C=CC=N[C@H]1C(C1=CN=C(c3ccc(C4=NC(C5C=CC=CC5)NC(c5ccc(C6=CC=CCN6)cc5)=N4)cc3)CC1)C=CC2. The second-order valence-electron chi connectivity index (χ2n) is 13.3. The van der Waals surface area contributed by atoms with Gasteiger partial charge in [-0.3, -0.25) is 9.98 Å². The maximum atomic E-state index is 5.13. The number of hydrogen-bond acceptors (Lipinski definition) is 6. The van der Waals surface area contributed by atoms with E-state index in [1.54, 1.807) is 0 Å². The van der Waals surface area contributed by atoms with Crippen LogP contribution in [0.5, 0.6) is 0 Å². The molecule has 6 heteroatoms. The quantitative estimate of drug-likeness (QED) is 0.330. The summed E-state index contributed by atoms with van der Waals surface area (Å²) in [7, 11) is 0. The molecule has 0 aromatic heterocycles. The van der Waals surface area contributed by atoms with E-state index in [0.717, 1.165) is 77.6 Å². The van der Waals surface area contributed by atoms with Gasteiger partial charge in [0.15, 0.2) is 5.84 Å². The van der Waals surface area contributed by atoms with Crippen molar-refractivity contribution in [3.8, 4) is 0 Å². The molecule has 2 aliphatic carbocycles. The van der Waals surface area contributed by atoms with Crippen molar-refractivity contribution in [2.75, 3.05) is 6.54 Å². The lowest BCUT2D eigenvalue weighted by molar-refractivity contribution is 0.281. The van der Waals surface area contributed by atoms with Gasteiger partial charge in [0.1, 0.15) is 12.0 Å². The predicted octanol–water partition coefficient (Wildman–Crippen LogP) is 7.50. The number of hydrogen-bond donors (Lipinski definition) is 2. The van der Waals surface area contributed by atoms with Gasteiger partial charge in [-0.1, -0.05) is 110 Å². The van der Waals surface area contributed by atoms with E-state index in [2.05, 4.69) is 139 Å². The number of rotatable bonds is 6. The van der Waals surface area contributed by atoms with Crippen LogP contribution >= 0.6 is 0 Å². The topological polar surface area (TPSA) is 73.5 Å². The lowest BCUT2D eigenvalue weighted by Gasteiger charge is -2.41. The molecule has 0 saturated carbocycles. The molecular formula is C41H40N6. The molecule has 0 bridgehead atoms. The van der Waals surface area contributed by atoms with Crippen LogP contribution in [0.4, 0.5) is 0 Å². The fourth-order valence-electron chi connectivity index (χ4n) is 7.36. The third-order valence-electron chi connectivity index (χ3n) is 10.1. The number of nitrogens with one attached hydrogen (secondary N) is 2. The average molecular weight is 617 g/mol. The highest BCUT2D eigenvalue weighted by molar-refractivity contribution is 6.13. The van der Waals surface area contributed by atoms with E-state index in [0.29, 0.717) is 5.92 Å². The van der Waals surface area contributed by atoms with Crippen LogP contribution in [0.1, 0.15) is 54.9 Å². The predicted molar refractivity (Wildman–Crippen MR) is 195 cm³/mol. The second kappa shape index (κ2) is 12.6. The zero-order valence-electron chi connectivity index (χ0n) is 26.8. The summed E-state index contributed by atoms with van der Waals surface area (Å²) in [6.07, 6.45) is 32.0. The van der Waals surface area contributed by atoms with Crippen molar-refractivity contribution >= 4 is 29.3 Å². The van der Waals surface area contributed by atoms with E-state index < -0.39 is 0 Å². The summed E-state index contributed by atoms with van der Waals surface area (Å²) in [5, 5.41) is 7.09. The molecule has 2 aromatic rings. The summed E-state index contributed by atoms with van der Waals surface area (Å²) in [4.78, 5) is 20.1. The number of fused-ring (bicyclic) bond motifs is 1. The normalized spacial score (nSPS) is 29.1. The van der Waals surface area contributed by atoms with Gasteiger partial charge in [-0.05, 0) is 54.5 Å². The van der Waals surface area contributed by atoms with Crippen molar-refractivity contribution in [2.45, 2.75) is 44.8 Å². The second-order valence-corrected chi connectivity index (χ2v) is 13.3. The van der Waals surface area contributed by atoms with Crippen LogP contribution in [0, 0.1) is 17.3 Å². The Morgan fingerprint density at radius 1 is 0.809 bits per heavy atom. The molecule has 6 nitrogen and oxygen atoms in total. The molecule has 4 aliphatic heterocycles. The minimum Gasteiger partial charge on any atom is -0.381 e. The van der Waals surface area contributed by atoms with Gasteiger partial charge in [0, 0.05) is 58.7 Å². The Morgan fingerprint density at radius 2 is 1.64 bits per heavy atom. The molecule has 0 radical (unpaired) electrons. The summed E-state index contributed by atoms with van der Waals surface area (Å²) in [5.74, 6) is 2.17. The molecule has 6 aliphatic rings. The Morgan fingerprint density at radius 3 is 2.40 bits per heavy atom. The first-order valence-corrected chi connectivity index (χ1v) is 16.8. The number of benzene rings is 2. The number of amidine groups is 2. The van der Waals surface area contributed by atoms with E-state index in [1.807, 2.05) is 6.21 Å². The van der Waals surface area contributed by atoms with Gasteiger partial charge >= 0.3 is 0 Å². The summed E-state index contributed by atoms with van der Waals surface area (Å²) >= 11 is 0. The van der Waals surface area contributed by atoms with Crippen molar-refractivity contribution < 1.29 is 0 Å². The van der Waals surface area contributed by atoms with Gasteiger partial charge < -0.3 is 10.6 Å². The largest absolute Gasteiger partial charge is 0.381 e.